The Morgan fingerprint density at radius 2 is 1.59 bits per heavy atom. The van der Waals surface area contributed by atoms with Gasteiger partial charge in [-0.15, -0.1) is 0 Å². The average Bonchev–Trinajstić information content (AvgIpc) is 3.66. The summed E-state index contributed by atoms with van der Waals surface area (Å²) in [4.78, 5) is 81.4. The standard InChI is InChI=1S/C41H53NO14/c1-20-26(54-37(50)31(47)30(42-21(2)43)24-13-11-12-14-24)18-41(51)35(55-36(49)25-15-9-8-10-16-25)33-39(7,27(46)17-28-40(33,19-52-28)56-23(4)45)34(48)32(53-22(3)44)29(20)38(41,5)6/h8-10,15-16,24,26-28,30-33,35,46-47,51H,11-14,17-19H2,1-7H3,(H,42,43)/t26?,27-,28+,30-,31+,32+,33-,35-,39+,40-,41+/m0/s1. The average molecular weight is 784 g/mol. The van der Waals surface area contributed by atoms with E-state index in [0.717, 1.165) is 26.7 Å². The van der Waals surface area contributed by atoms with Crippen molar-refractivity contribution in [3.8, 4) is 0 Å². The molecule has 0 spiro atoms. The van der Waals surface area contributed by atoms with Crippen molar-refractivity contribution in [1.29, 1.82) is 0 Å². The minimum atomic E-state index is -2.33. The van der Waals surface area contributed by atoms with Crippen molar-refractivity contribution in [1.82, 2.24) is 5.32 Å². The van der Waals surface area contributed by atoms with E-state index in [9.17, 15) is 39.3 Å². The second kappa shape index (κ2) is 15.0. The highest BCUT2D eigenvalue weighted by atomic mass is 16.6. The summed E-state index contributed by atoms with van der Waals surface area (Å²) in [5.74, 6) is -6.67. The number of amides is 1. The summed E-state index contributed by atoms with van der Waals surface area (Å²) < 4.78 is 30.1. The van der Waals surface area contributed by atoms with E-state index < -0.39 is 113 Å². The number of ketones is 1. The number of carbonyl (C=O) groups is 6. The summed E-state index contributed by atoms with van der Waals surface area (Å²) in [6.07, 6.45) is -6.96. The third-order valence-corrected chi connectivity index (χ3v) is 13.3. The molecule has 1 unspecified atom stereocenters. The maximum atomic E-state index is 15.4. The van der Waals surface area contributed by atoms with Gasteiger partial charge in [-0.3, -0.25) is 19.2 Å². The number of benzene rings is 1. The van der Waals surface area contributed by atoms with Crippen LogP contribution in [0.1, 0.15) is 97.3 Å². The molecule has 6 rings (SSSR count). The van der Waals surface area contributed by atoms with Gasteiger partial charge in [0.2, 0.25) is 5.91 Å². The number of rotatable bonds is 9. The number of fused-ring (bicyclic) bond motifs is 5. The van der Waals surface area contributed by atoms with Crippen LogP contribution in [0, 0.1) is 22.7 Å². The number of hydrogen-bond donors (Lipinski definition) is 4. The molecule has 1 aromatic carbocycles. The van der Waals surface area contributed by atoms with E-state index in [-0.39, 0.29) is 35.7 Å². The Bertz CT molecular complexity index is 1800. The van der Waals surface area contributed by atoms with Crippen LogP contribution in [-0.4, -0.2) is 111 Å². The fourth-order valence-corrected chi connectivity index (χ4v) is 10.4. The number of aliphatic hydroxyl groups is 3. The second-order valence-corrected chi connectivity index (χ2v) is 16.9. The topological polar surface area (TPSA) is 221 Å². The van der Waals surface area contributed by atoms with Crippen LogP contribution >= 0.6 is 0 Å². The molecule has 1 aromatic rings. The maximum absolute atomic E-state index is 15.4. The smallest absolute Gasteiger partial charge is 0.338 e. The summed E-state index contributed by atoms with van der Waals surface area (Å²) in [5, 5.41) is 39.7. The van der Waals surface area contributed by atoms with Gasteiger partial charge >= 0.3 is 23.9 Å². The molecule has 11 atom stereocenters. The summed E-state index contributed by atoms with van der Waals surface area (Å²) in [6, 6.07) is 6.92. The number of Topliss-reactive ketones (excluding diaryl/α,β-unsaturated/α-hetero) is 1. The second-order valence-electron chi connectivity index (χ2n) is 16.9. The molecule has 56 heavy (non-hydrogen) atoms. The first-order valence-electron chi connectivity index (χ1n) is 19.3. The normalized spacial score (nSPS) is 35.9. The summed E-state index contributed by atoms with van der Waals surface area (Å²) >= 11 is 0. The van der Waals surface area contributed by atoms with E-state index in [1.807, 2.05) is 0 Å². The summed E-state index contributed by atoms with van der Waals surface area (Å²) in [7, 11) is 0. The van der Waals surface area contributed by atoms with Crippen molar-refractivity contribution >= 4 is 35.6 Å². The molecule has 1 heterocycles. The van der Waals surface area contributed by atoms with Crippen LogP contribution in [0.4, 0.5) is 0 Å². The minimum Gasteiger partial charge on any atom is -0.456 e. The molecule has 0 aromatic heterocycles. The van der Waals surface area contributed by atoms with Gasteiger partial charge in [0.25, 0.3) is 0 Å². The van der Waals surface area contributed by atoms with Crippen molar-refractivity contribution in [2.45, 2.75) is 141 Å². The number of carbonyl (C=O) groups excluding carboxylic acids is 6. The molecule has 5 aliphatic rings. The molecule has 4 N–H and O–H groups in total. The molecule has 15 heteroatoms. The fraction of sp³-hybridized carbons (Fsp3) is 0.659. The van der Waals surface area contributed by atoms with Gasteiger partial charge in [0.15, 0.2) is 23.6 Å². The summed E-state index contributed by atoms with van der Waals surface area (Å²) in [5.41, 5.74) is -7.36. The van der Waals surface area contributed by atoms with Crippen LogP contribution in [0.25, 0.3) is 0 Å². The van der Waals surface area contributed by atoms with Crippen molar-refractivity contribution in [2.24, 2.45) is 22.7 Å². The zero-order valence-corrected chi connectivity index (χ0v) is 32.9. The highest BCUT2D eigenvalue weighted by Gasteiger charge is 2.78. The van der Waals surface area contributed by atoms with Crippen LogP contribution in [-0.2, 0) is 47.7 Å². The number of aliphatic hydroxyl groups excluding tert-OH is 2. The molecule has 15 nitrogen and oxygen atoms in total. The Morgan fingerprint density at radius 3 is 2.14 bits per heavy atom. The molecule has 0 radical (unpaired) electrons. The van der Waals surface area contributed by atoms with Gasteiger partial charge in [0, 0.05) is 39.0 Å². The van der Waals surface area contributed by atoms with Gasteiger partial charge in [-0.2, -0.15) is 0 Å². The minimum absolute atomic E-state index is 0.0362. The highest BCUT2D eigenvalue weighted by Crippen LogP contribution is 2.64. The van der Waals surface area contributed by atoms with Gasteiger partial charge < -0.3 is 44.3 Å². The third-order valence-electron chi connectivity index (χ3n) is 13.3. The fourth-order valence-electron chi connectivity index (χ4n) is 10.4. The van der Waals surface area contributed by atoms with Crippen molar-refractivity contribution in [3.05, 3.63) is 47.0 Å². The van der Waals surface area contributed by atoms with Crippen LogP contribution in [0.2, 0.25) is 0 Å². The first kappa shape index (κ1) is 41.5. The van der Waals surface area contributed by atoms with Gasteiger partial charge in [-0.25, -0.2) is 9.59 Å². The van der Waals surface area contributed by atoms with Crippen molar-refractivity contribution < 1.29 is 67.8 Å². The quantitative estimate of drug-likeness (QED) is 0.160. The zero-order valence-electron chi connectivity index (χ0n) is 32.9. The predicted molar refractivity (Wildman–Crippen MR) is 194 cm³/mol. The molecule has 1 saturated heterocycles. The largest absolute Gasteiger partial charge is 0.456 e. The molecule has 2 bridgehead atoms. The Balaban J connectivity index is 1.56. The highest BCUT2D eigenvalue weighted by molar-refractivity contribution is 5.95. The predicted octanol–water partition coefficient (Wildman–Crippen LogP) is 2.26. The van der Waals surface area contributed by atoms with E-state index in [0.29, 0.717) is 12.8 Å². The monoisotopic (exact) mass is 783 g/mol. The maximum Gasteiger partial charge on any atom is 0.338 e. The molecular weight excluding hydrogens is 730 g/mol. The first-order chi connectivity index (χ1) is 26.2. The van der Waals surface area contributed by atoms with Gasteiger partial charge in [-0.1, -0.05) is 44.9 Å². The Hall–Kier alpha value is -4.18. The lowest BCUT2D eigenvalue weighted by atomic mass is 9.44. The molecule has 3 saturated carbocycles. The SMILES string of the molecule is CC(=O)N[C@@H](C1CCCC1)[C@@H](O)C(=O)OC1C[C@@]2(O)[C@@H](OC(=O)c3ccccc3)[C@@H]3[C@]4(OC(C)=O)CO[C@@H]4C[C@H](O)[C@@]3(C)C(=O)[C@H](OC(C)=O)C(=C1C)C2(C)C. The van der Waals surface area contributed by atoms with E-state index in [1.165, 1.54) is 26.0 Å². The van der Waals surface area contributed by atoms with Gasteiger partial charge in [-0.05, 0) is 55.9 Å². The zero-order chi connectivity index (χ0) is 41.1. The number of hydrogen-bond acceptors (Lipinski definition) is 14. The van der Waals surface area contributed by atoms with Crippen LogP contribution in [0.3, 0.4) is 0 Å². The number of esters is 4. The van der Waals surface area contributed by atoms with Crippen LogP contribution < -0.4 is 5.32 Å². The molecule has 1 amide bonds. The van der Waals surface area contributed by atoms with Crippen LogP contribution in [0.15, 0.2) is 41.5 Å². The lowest BCUT2D eigenvalue weighted by molar-refractivity contribution is -0.346. The summed E-state index contributed by atoms with van der Waals surface area (Å²) in [6.45, 7) is 9.37. The molecule has 1 aliphatic heterocycles. The van der Waals surface area contributed by atoms with E-state index >= 15 is 4.79 Å². The number of nitrogens with one attached hydrogen (secondary N) is 1. The van der Waals surface area contributed by atoms with E-state index in [1.54, 1.807) is 39.0 Å². The first-order valence-corrected chi connectivity index (χ1v) is 19.3. The lowest BCUT2D eigenvalue weighted by Gasteiger charge is -2.67. The molecule has 306 valence electrons. The molecule has 4 aliphatic carbocycles. The molecular formula is C41H53NO14. The Kier molecular flexibility index (Phi) is 11.1. The van der Waals surface area contributed by atoms with Gasteiger partial charge in [0.1, 0.15) is 23.9 Å². The van der Waals surface area contributed by atoms with E-state index in [4.69, 9.17) is 23.7 Å². The van der Waals surface area contributed by atoms with Gasteiger partial charge in [0.05, 0.1) is 35.6 Å². The third kappa shape index (κ3) is 6.63. The van der Waals surface area contributed by atoms with E-state index in [2.05, 4.69) is 5.32 Å². The molecule has 4 fully saturated rings. The Labute approximate surface area is 325 Å². The van der Waals surface area contributed by atoms with Crippen molar-refractivity contribution in [2.75, 3.05) is 6.61 Å². The lowest BCUT2D eigenvalue weighted by Crippen LogP contribution is -2.82. The van der Waals surface area contributed by atoms with Crippen molar-refractivity contribution in [3.63, 3.8) is 0 Å². The van der Waals surface area contributed by atoms with Crippen LogP contribution in [0.5, 0.6) is 0 Å². The number of ether oxygens (including phenoxy) is 5. The Morgan fingerprint density at radius 1 is 0.946 bits per heavy atom.